The molecule has 0 spiro atoms. The molecule has 6 heteroatoms. The lowest BCUT2D eigenvalue weighted by Crippen LogP contribution is -2.61. The molecule has 0 aliphatic heterocycles. The molecule has 0 bridgehead atoms. The SMILES string of the molecule is COC1CC(NC(=O)c2csc(/C=C/C(=O)O)c2)C1(C)C. The number of carboxylic acid groups (broad SMARTS) is 1. The largest absolute Gasteiger partial charge is 0.478 e. The zero-order chi connectivity index (χ0) is 15.6. The van der Waals surface area contributed by atoms with E-state index in [0.717, 1.165) is 17.4 Å². The van der Waals surface area contributed by atoms with Crippen molar-refractivity contribution in [2.24, 2.45) is 5.41 Å². The average Bonchev–Trinajstić information content (AvgIpc) is 2.89. The third kappa shape index (κ3) is 3.33. The Bertz CT molecular complexity index is 576. The van der Waals surface area contributed by atoms with E-state index in [1.165, 1.54) is 17.4 Å². The van der Waals surface area contributed by atoms with Crippen LogP contribution in [0.5, 0.6) is 0 Å². The quantitative estimate of drug-likeness (QED) is 0.819. The Kier molecular flexibility index (Phi) is 4.49. The molecule has 0 radical (unpaired) electrons. The Hall–Kier alpha value is -1.66. The Morgan fingerprint density at radius 3 is 2.81 bits per heavy atom. The highest BCUT2D eigenvalue weighted by molar-refractivity contribution is 7.11. The number of amides is 1. The van der Waals surface area contributed by atoms with Crippen molar-refractivity contribution in [2.75, 3.05) is 7.11 Å². The predicted molar refractivity (Wildman–Crippen MR) is 81.4 cm³/mol. The fourth-order valence-electron chi connectivity index (χ4n) is 2.48. The molecular formula is C15H19NO4S. The standard InChI is InChI=1S/C15H19NO4S/c1-15(2)11(7-12(15)20-3)16-14(19)9-6-10(21-8-9)4-5-13(17)18/h4-6,8,11-12H,7H2,1-3H3,(H,16,19)(H,17,18)/b5-4+. The molecule has 1 saturated carbocycles. The summed E-state index contributed by atoms with van der Waals surface area (Å²) >= 11 is 1.34. The van der Waals surface area contributed by atoms with Gasteiger partial charge in [0.05, 0.1) is 11.7 Å². The molecule has 1 aromatic rings. The minimum atomic E-state index is -1.00. The Morgan fingerprint density at radius 1 is 1.52 bits per heavy atom. The van der Waals surface area contributed by atoms with E-state index < -0.39 is 5.97 Å². The first-order chi connectivity index (χ1) is 9.84. The lowest BCUT2D eigenvalue weighted by molar-refractivity contribution is -0.131. The molecule has 1 fully saturated rings. The summed E-state index contributed by atoms with van der Waals surface area (Å²) in [7, 11) is 1.68. The third-order valence-corrected chi connectivity index (χ3v) is 4.94. The van der Waals surface area contributed by atoms with Gasteiger partial charge in [-0.1, -0.05) is 13.8 Å². The first-order valence-corrected chi connectivity index (χ1v) is 7.55. The number of rotatable bonds is 5. The van der Waals surface area contributed by atoms with Crippen molar-refractivity contribution in [1.82, 2.24) is 5.32 Å². The molecule has 1 aliphatic carbocycles. The second kappa shape index (κ2) is 5.99. The Labute approximate surface area is 127 Å². The van der Waals surface area contributed by atoms with E-state index in [0.29, 0.717) is 5.56 Å². The summed E-state index contributed by atoms with van der Waals surface area (Å²) in [6.45, 7) is 4.15. The van der Waals surface area contributed by atoms with Crippen molar-refractivity contribution in [3.63, 3.8) is 0 Å². The van der Waals surface area contributed by atoms with Gasteiger partial charge in [0.15, 0.2) is 0 Å². The highest BCUT2D eigenvalue weighted by atomic mass is 32.1. The fraction of sp³-hybridized carbons (Fsp3) is 0.467. The highest BCUT2D eigenvalue weighted by Crippen LogP contribution is 2.42. The van der Waals surface area contributed by atoms with Gasteiger partial charge >= 0.3 is 5.97 Å². The molecule has 1 heterocycles. The van der Waals surface area contributed by atoms with E-state index >= 15 is 0 Å². The molecule has 2 unspecified atom stereocenters. The maximum atomic E-state index is 12.2. The molecule has 0 saturated heterocycles. The van der Waals surface area contributed by atoms with E-state index in [4.69, 9.17) is 9.84 Å². The summed E-state index contributed by atoms with van der Waals surface area (Å²) in [5, 5.41) is 13.3. The number of ether oxygens (including phenoxy) is 1. The van der Waals surface area contributed by atoms with E-state index in [1.54, 1.807) is 18.6 Å². The van der Waals surface area contributed by atoms with Gasteiger partial charge in [0, 0.05) is 34.9 Å². The van der Waals surface area contributed by atoms with Crippen molar-refractivity contribution in [3.05, 3.63) is 28.0 Å². The van der Waals surface area contributed by atoms with Crippen LogP contribution >= 0.6 is 11.3 Å². The van der Waals surface area contributed by atoms with Crippen LogP contribution in [-0.4, -0.2) is 36.2 Å². The smallest absolute Gasteiger partial charge is 0.328 e. The molecule has 5 nitrogen and oxygen atoms in total. The lowest BCUT2D eigenvalue weighted by atomic mass is 9.64. The third-order valence-electron chi connectivity index (χ3n) is 4.04. The van der Waals surface area contributed by atoms with E-state index in [1.807, 2.05) is 0 Å². The monoisotopic (exact) mass is 309 g/mol. The highest BCUT2D eigenvalue weighted by Gasteiger charge is 2.49. The molecule has 2 atom stereocenters. The minimum Gasteiger partial charge on any atom is -0.478 e. The molecule has 2 rings (SSSR count). The topological polar surface area (TPSA) is 75.6 Å². The van der Waals surface area contributed by atoms with Gasteiger partial charge in [-0.25, -0.2) is 4.79 Å². The zero-order valence-corrected chi connectivity index (χ0v) is 13.1. The summed E-state index contributed by atoms with van der Waals surface area (Å²) in [5.41, 5.74) is 0.480. The van der Waals surface area contributed by atoms with Crippen molar-refractivity contribution in [2.45, 2.75) is 32.4 Å². The number of hydrogen-bond donors (Lipinski definition) is 2. The van der Waals surface area contributed by atoms with Crippen LogP contribution in [0.15, 0.2) is 17.5 Å². The number of nitrogens with one attached hydrogen (secondary N) is 1. The molecule has 114 valence electrons. The van der Waals surface area contributed by atoms with Crippen LogP contribution in [0.1, 0.15) is 35.5 Å². The lowest BCUT2D eigenvalue weighted by Gasteiger charge is -2.51. The molecule has 1 aromatic heterocycles. The molecular weight excluding hydrogens is 290 g/mol. The van der Waals surface area contributed by atoms with Crippen LogP contribution in [0.3, 0.4) is 0 Å². The number of carbonyl (C=O) groups is 2. The van der Waals surface area contributed by atoms with Gasteiger partial charge in [-0.3, -0.25) is 4.79 Å². The van der Waals surface area contributed by atoms with Crippen molar-refractivity contribution >= 4 is 29.3 Å². The summed E-state index contributed by atoms with van der Waals surface area (Å²) in [6, 6.07) is 1.78. The molecule has 2 N–H and O–H groups in total. The number of thiophene rings is 1. The normalized spacial score (nSPS) is 23.8. The van der Waals surface area contributed by atoms with Crippen LogP contribution in [-0.2, 0) is 9.53 Å². The van der Waals surface area contributed by atoms with Crippen LogP contribution < -0.4 is 5.32 Å². The summed E-state index contributed by atoms with van der Waals surface area (Å²) in [5.74, 6) is -1.13. The fourth-order valence-corrected chi connectivity index (χ4v) is 3.26. The first-order valence-electron chi connectivity index (χ1n) is 6.67. The molecule has 21 heavy (non-hydrogen) atoms. The zero-order valence-electron chi connectivity index (χ0n) is 12.3. The van der Waals surface area contributed by atoms with Gasteiger partial charge in [-0.15, -0.1) is 11.3 Å². The average molecular weight is 309 g/mol. The van der Waals surface area contributed by atoms with Gasteiger partial charge < -0.3 is 15.2 Å². The number of hydrogen-bond acceptors (Lipinski definition) is 4. The number of carbonyl (C=O) groups excluding carboxylic acids is 1. The van der Waals surface area contributed by atoms with Gasteiger partial charge in [-0.2, -0.15) is 0 Å². The minimum absolute atomic E-state index is 0.0769. The second-order valence-electron chi connectivity index (χ2n) is 5.72. The van der Waals surface area contributed by atoms with Gasteiger partial charge in [0.1, 0.15) is 0 Å². The second-order valence-corrected chi connectivity index (χ2v) is 6.66. The molecule has 1 aliphatic rings. The maximum Gasteiger partial charge on any atom is 0.328 e. The number of aliphatic carboxylic acids is 1. The molecule has 0 aromatic carbocycles. The summed E-state index contributed by atoms with van der Waals surface area (Å²) < 4.78 is 5.36. The number of methoxy groups -OCH3 is 1. The summed E-state index contributed by atoms with van der Waals surface area (Å²) in [6.07, 6.45) is 3.52. The van der Waals surface area contributed by atoms with E-state index in [-0.39, 0.29) is 23.5 Å². The Balaban J connectivity index is 1.97. The van der Waals surface area contributed by atoms with Crippen molar-refractivity contribution in [1.29, 1.82) is 0 Å². The van der Waals surface area contributed by atoms with Crippen molar-refractivity contribution in [3.8, 4) is 0 Å². The predicted octanol–water partition coefficient (Wildman–Crippen LogP) is 2.39. The van der Waals surface area contributed by atoms with Crippen LogP contribution in [0.4, 0.5) is 0 Å². The van der Waals surface area contributed by atoms with E-state index in [9.17, 15) is 9.59 Å². The van der Waals surface area contributed by atoms with Crippen LogP contribution in [0.25, 0.3) is 6.08 Å². The van der Waals surface area contributed by atoms with Gasteiger partial charge in [0.2, 0.25) is 0 Å². The van der Waals surface area contributed by atoms with Crippen LogP contribution in [0, 0.1) is 5.41 Å². The maximum absolute atomic E-state index is 12.2. The number of carboxylic acids is 1. The molecule has 1 amide bonds. The first kappa shape index (κ1) is 15.7. The Morgan fingerprint density at radius 2 is 2.24 bits per heavy atom. The summed E-state index contributed by atoms with van der Waals surface area (Å²) in [4.78, 5) is 23.4. The van der Waals surface area contributed by atoms with Gasteiger partial charge in [0.25, 0.3) is 5.91 Å². The van der Waals surface area contributed by atoms with Gasteiger partial charge in [-0.05, 0) is 18.6 Å². The van der Waals surface area contributed by atoms with E-state index in [2.05, 4.69) is 19.2 Å². The van der Waals surface area contributed by atoms with Crippen LogP contribution in [0.2, 0.25) is 0 Å². The van der Waals surface area contributed by atoms with Crippen molar-refractivity contribution < 1.29 is 19.4 Å².